The number of aromatic nitrogens is 1. The number of halogens is 1. The third-order valence-corrected chi connectivity index (χ3v) is 4.27. The Morgan fingerprint density at radius 1 is 1.52 bits per heavy atom. The molecule has 0 bridgehead atoms. The number of hydrogen-bond donors (Lipinski definition) is 1. The van der Waals surface area contributed by atoms with Gasteiger partial charge in [-0.2, -0.15) is 0 Å². The molecule has 2 rings (SSSR count). The molecular formula is C16H26FN3O. The summed E-state index contributed by atoms with van der Waals surface area (Å²) < 4.78 is 18.2. The van der Waals surface area contributed by atoms with Crippen LogP contribution in [-0.4, -0.2) is 50.3 Å². The minimum absolute atomic E-state index is 0.145. The van der Waals surface area contributed by atoms with E-state index in [-0.39, 0.29) is 11.9 Å². The van der Waals surface area contributed by atoms with Crippen LogP contribution in [0.1, 0.15) is 25.1 Å². The van der Waals surface area contributed by atoms with Crippen molar-refractivity contribution in [2.75, 3.05) is 40.4 Å². The first-order valence-corrected chi connectivity index (χ1v) is 7.64. The molecule has 0 spiro atoms. The van der Waals surface area contributed by atoms with E-state index in [1.807, 2.05) is 7.05 Å². The Labute approximate surface area is 126 Å². The highest BCUT2D eigenvalue weighted by Gasteiger charge is 2.26. The number of nitrogens with one attached hydrogen (secondary N) is 1. The van der Waals surface area contributed by atoms with Gasteiger partial charge in [-0.3, -0.25) is 4.98 Å². The van der Waals surface area contributed by atoms with Crippen molar-refractivity contribution in [2.45, 2.75) is 19.4 Å². The molecule has 1 N–H and O–H groups in total. The number of methoxy groups -OCH3 is 1. The Kier molecular flexibility index (Phi) is 6.08. The first kappa shape index (κ1) is 16.3. The first-order chi connectivity index (χ1) is 10.1. The molecule has 0 saturated carbocycles. The fourth-order valence-electron chi connectivity index (χ4n) is 3.26. The third-order valence-electron chi connectivity index (χ3n) is 4.27. The Morgan fingerprint density at radius 2 is 2.33 bits per heavy atom. The Morgan fingerprint density at radius 3 is 2.95 bits per heavy atom. The lowest BCUT2D eigenvalue weighted by atomic mass is 9.98. The van der Waals surface area contributed by atoms with Crippen molar-refractivity contribution in [3.8, 4) is 0 Å². The summed E-state index contributed by atoms with van der Waals surface area (Å²) in [4.78, 5) is 6.70. The second kappa shape index (κ2) is 7.82. The zero-order valence-electron chi connectivity index (χ0n) is 13.2. The van der Waals surface area contributed by atoms with Crippen LogP contribution in [0.2, 0.25) is 0 Å². The van der Waals surface area contributed by atoms with Crippen LogP contribution in [0.15, 0.2) is 18.3 Å². The van der Waals surface area contributed by atoms with Gasteiger partial charge in [0.15, 0.2) is 0 Å². The SMILES string of the molecule is CNC(c1ccc(F)cn1)C(C)CN1CCC(COC)C1. The maximum Gasteiger partial charge on any atom is 0.141 e. The highest BCUT2D eigenvalue weighted by molar-refractivity contribution is 5.11. The van der Waals surface area contributed by atoms with Crippen LogP contribution in [0, 0.1) is 17.7 Å². The molecule has 118 valence electrons. The summed E-state index contributed by atoms with van der Waals surface area (Å²) in [5.74, 6) is 0.775. The number of nitrogens with zero attached hydrogens (tertiary/aromatic N) is 2. The molecule has 4 nitrogen and oxygen atoms in total. The van der Waals surface area contributed by atoms with Crippen LogP contribution >= 0.6 is 0 Å². The minimum Gasteiger partial charge on any atom is -0.384 e. The van der Waals surface area contributed by atoms with Gasteiger partial charge in [0.2, 0.25) is 0 Å². The maximum atomic E-state index is 13.0. The molecule has 1 fully saturated rings. The molecule has 3 unspecified atom stereocenters. The van der Waals surface area contributed by atoms with Gasteiger partial charge in [-0.05, 0) is 44.0 Å². The topological polar surface area (TPSA) is 37.4 Å². The van der Waals surface area contributed by atoms with Gasteiger partial charge in [-0.15, -0.1) is 0 Å². The van der Waals surface area contributed by atoms with E-state index in [4.69, 9.17) is 4.74 Å². The summed E-state index contributed by atoms with van der Waals surface area (Å²) in [6.07, 6.45) is 2.50. The van der Waals surface area contributed by atoms with Gasteiger partial charge < -0.3 is 15.0 Å². The smallest absolute Gasteiger partial charge is 0.141 e. The molecule has 3 atom stereocenters. The first-order valence-electron chi connectivity index (χ1n) is 7.64. The van der Waals surface area contributed by atoms with Crippen LogP contribution < -0.4 is 5.32 Å². The predicted octanol–water partition coefficient (Wildman–Crippen LogP) is 2.09. The summed E-state index contributed by atoms with van der Waals surface area (Å²) in [6, 6.07) is 3.39. The van der Waals surface area contributed by atoms with Crippen molar-refractivity contribution in [1.29, 1.82) is 0 Å². The summed E-state index contributed by atoms with van der Waals surface area (Å²) in [5, 5.41) is 3.31. The van der Waals surface area contributed by atoms with Crippen LogP contribution in [0.4, 0.5) is 4.39 Å². The molecule has 0 amide bonds. The van der Waals surface area contributed by atoms with Crippen molar-refractivity contribution < 1.29 is 9.13 Å². The Balaban J connectivity index is 1.91. The molecule has 1 aromatic heterocycles. The molecular weight excluding hydrogens is 269 g/mol. The van der Waals surface area contributed by atoms with E-state index in [0.717, 1.165) is 31.9 Å². The number of pyridine rings is 1. The van der Waals surface area contributed by atoms with E-state index in [0.29, 0.717) is 11.8 Å². The zero-order valence-corrected chi connectivity index (χ0v) is 13.2. The summed E-state index contributed by atoms with van der Waals surface area (Å²) in [6.45, 7) is 6.32. The summed E-state index contributed by atoms with van der Waals surface area (Å²) in [7, 11) is 3.70. The van der Waals surface area contributed by atoms with Gasteiger partial charge in [0, 0.05) is 20.2 Å². The number of rotatable bonds is 7. The molecule has 1 aliphatic rings. The van der Waals surface area contributed by atoms with Gasteiger partial charge in [0.25, 0.3) is 0 Å². The van der Waals surface area contributed by atoms with Crippen LogP contribution in [0.5, 0.6) is 0 Å². The summed E-state index contributed by atoms with van der Waals surface area (Å²) in [5.41, 5.74) is 0.902. The molecule has 1 aromatic rings. The van der Waals surface area contributed by atoms with Crippen molar-refractivity contribution >= 4 is 0 Å². The fourth-order valence-corrected chi connectivity index (χ4v) is 3.26. The average Bonchev–Trinajstić information content (AvgIpc) is 2.89. The van der Waals surface area contributed by atoms with Crippen molar-refractivity contribution in [1.82, 2.24) is 15.2 Å². The van der Waals surface area contributed by atoms with E-state index in [2.05, 4.69) is 22.1 Å². The molecule has 0 aliphatic carbocycles. The normalized spacial score (nSPS) is 22.4. The number of ether oxygens (including phenoxy) is 1. The van der Waals surface area contributed by atoms with Gasteiger partial charge in [-0.1, -0.05) is 6.92 Å². The standard InChI is InChI=1S/C16H26FN3O/c1-12(9-20-7-6-13(10-20)11-21-3)16(18-2)15-5-4-14(17)8-19-15/h4-5,8,12-13,16,18H,6-7,9-11H2,1-3H3. The largest absolute Gasteiger partial charge is 0.384 e. The minimum atomic E-state index is -0.289. The number of likely N-dealkylation sites (tertiary alicyclic amines) is 1. The Bertz CT molecular complexity index is 426. The zero-order chi connectivity index (χ0) is 15.2. The lowest BCUT2D eigenvalue weighted by molar-refractivity contribution is 0.150. The molecule has 2 heterocycles. The molecule has 0 aromatic carbocycles. The van der Waals surface area contributed by atoms with Gasteiger partial charge in [0.05, 0.1) is 24.5 Å². The second-order valence-electron chi connectivity index (χ2n) is 6.01. The van der Waals surface area contributed by atoms with Crippen LogP contribution in [-0.2, 0) is 4.74 Å². The van der Waals surface area contributed by atoms with Crippen LogP contribution in [0.3, 0.4) is 0 Å². The monoisotopic (exact) mass is 295 g/mol. The van der Waals surface area contributed by atoms with E-state index in [1.165, 1.54) is 18.7 Å². The van der Waals surface area contributed by atoms with Gasteiger partial charge >= 0.3 is 0 Å². The molecule has 5 heteroatoms. The lowest BCUT2D eigenvalue weighted by Crippen LogP contribution is -2.34. The van der Waals surface area contributed by atoms with E-state index < -0.39 is 0 Å². The summed E-state index contributed by atoms with van der Waals surface area (Å²) >= 11 is 0. The maximum absolute atomic E-state index is 13.0. The van der Waals surface area contributed by atoms with E-state index in [9.17, 15) is 4.39 Å². The molecule has 1 saturated heterocycles. The third kappa shape index (κ3) is 4.46. The second-order valence-corrected chi connectivity index (χ2v) is 6.01. The number of hydrogen-bond acceptors (Lipinski definition) is 4. The predicted molar refractivity (Wildman–Crippen MR) is 81.6 cm³/mol. The molecule has 1 aliphatic heterocycles. The Hall–Kier alpha value is -1.04. The van der Waals surface area contributed by atoms with E-state index >= 15 is 0 Å². The van der Waals surface area contributed by atoms with Gasteiger partial charge in [0.1, 0.15) is 5.82 Å². The molecule has 21 heavy (non-hydrogen) atoms. The van der Waals surface area contributed by atoms with E-state index in [1.54, 1.807) is 13.2 Å². The van der Waals surface area contributed by atoms with Crippen molar-refractivity contribution in [2.24, 2.45) is 11.8 Å². The quantitative estimate of drug-likeness (QED) is 0.836. The van der Waals surface area contributed by atoms with Crippen molar-refractivity contribution in [3.63, 3.8) is 0 Å². The fraction of sp³-hybridized carbons (Fsp3) is 0.688. The highest BCUT2D eigenvalue weighted by atomic mass is 19.1. The average molecular weight is 295 g/mol. The van der Waals surface area contributed by atoms with Gasteiger partial charge in [-0.25, -0.2) is 4.39 Å². The van der Waals surface area contributed by atoms with Crippen molar-refractivity contribution in [3.05, 3.63) is 29.8 Å². The van der Waals surface area contributed by atoms with Crippen LogP contribution in [0.25, 0.3) is 0 Å². The highest BCUT2D eigenvalue weighted by Crippen LogP contribution is 2.24. The lowest BCUT2D eigenvalue weighted by Gasteiger charge is -2.27. The molecule has 0 radical (unpaired) electrons.